The molecule has 4 heteroatoms. The number of benzene rings is 8. The fraction of sp³-hybridized carbons (Fsp3) is 0.294. The molecule has 20 rings (SSSR count). The van der Waals surface area contributed by atoms with Crippen molar-refractivity contribution in [2.24, 2.45) is 46.3 Å². The van der Waals surface area contributed by atoms with E-state index in [4.69, 9.17) is 4.42 Å². The first kappa shape index (κ1) is 37.9. The number of anilines is 2. The van der Waals surface area contributed by atoms with Gasteiger partial charge in [-0.3, -0.25) is 0 Å². The van der Waals surface area contributed by atoms with Gasteiger partial charge in [0.05, 0.1) is 16.7 Å². The van der Waals surface area contributed by atoms with Gasteiger partial charge in [-0.1, -0.05) is 109 Å². The molecule has 0 saturated heterocycles. The topological polar surface area (TPSA) is 21.3 Å². The fourth-order valence-corrected chi connectivity index (χ4v) is 20.7. The summed E-state index contributed by atoms with van der Waals surface area (Å²) in [6.07, 6.45) is 14.4. The van der Waals surface area contributed by atoms with Crippen molar-refractivity contribution >= 4 is 72.9 Å². The molecule has 2 spiro atoms. The lowest BCUT2D eigenvalue weighted by atomic mass is 9.38. The van der Waals surface area contributed by atoms with Crippen molar-refractivity contribution in [3.63, 3.8) is 0 Å². The molecule has 3 nitrogen and oxygen atoms in total. The molecule has 10 aliphatic rings. The number of furan rings is 1. The van der Waals surface area contributed by atoms with Gasteiger partial charge in [-0.25, -0.2) is 0 Å². The molecule has 8 fully saturated rings. The zero-order valence-electron chi connectivity index (χ0n) is 40.5. The third-order valence-corrected chi connectivity index (χ3v) is 23.4. The maximum Gasteiger partial charge on any atom is 0.333 e. The van der Waals surface area contributed by atoms with Crippen LogP contribution in [0.1, 0.15) is 75.3 Å². The van der Waals surface area contributed by atoms with Crippen LogP contribution in [-0.2, 0) is 10.8 Å². The highest BCUT2D eigenvalue weighted by atomic mass is 16.3. The summed E-state index contributed by atoms with van der Waals surface area (Å²) in [6, 6.07) is 63.7. The fourth-order valence-electron chi connectivity index (χ4n) is 20.7. The van der Waals surface area contributed by atoms with Crippen LogP contribution < -0.4 is 15.7 Å². The number of para-hydroxylation sites is 1. The van der Waals surface area contributed by atoms with E-state index in [1.807, 2.05) is 0 Å². The Bertz CT molecular complexity index is 4110. The van der Waals surface area contributed by atoms with E-state index in [0.717, 1.165) is 46.7 Å². The predicted octanol–water partition coefficient (Wildman–Crippen LogP) is 15.4. The van der Waals surface area contributed by atoms with Gasteiger partial charge in [-0.05, 0) is 226 Å². The van der Waals surface area contributed by atoms with Crippen molar-refractivity contribution in [3.8, 4) is 39.1 Å². The predicted molar refractivity (Wildman–Crippen MR) is 293 cm³/mol. The van der Waals surface area contributed by atoms with Crippen molar-refractivity contribution in [2.45, 2.75) is 75.0 Å². The minimum absolute atomic E-state index is 0.0865. The first-order valence-corrected chi connectivity index (χ1v) is 27.7. The van der Waals surface area contributed by atoms with Crippen molar-refractivity contribution in [1.29, 1.82) is 0 Å². The van der Waals surface area contributed by atoms with Crippen molar-refractivity contribution < 1.29 is 4.42 Å². The standard InChI is InChI=1S/C68H53BN2O/c1-3-9-38(10-4-1)40-15-18-50(19-16-40)71-63-52(20-21-53-51-13-7-8-14-60(51)72-64(53)63)55-23-41(39-11-5-2-6-12-39)24-59-61(55)69(71)57-31-43(66-34-48-27-45-28-49(35-66)68(45,48)37-66)30-56-54-29-42(17-22-58(54)70(59)62(56)57)65-32-46-25-44-26-47(33-65)67(44,46)36-65/h1-24,29-31,44-49H,25-28,32-37H2. The van der Waals surface area contributed by atoms with E-state index in [1.165, 1.54) is 158 Å². The molecule has 72 heavy (non-hydrogen) atoms. The van der Waals surface area contributed by atoms with Gasteiger partial charge in [-0.2, -0.15) is 0 Å². The van der Waals surface area contributed by atoms with Crippen LogP contribution >= 0.6 is 0 Å². The van der Waals surface area contributed by atoms with Crippen LogP contribution in [-0.4, -0.2) is 11.4 Å². The molecule has 0 N–H and O–H groups in total. The van der Waals surface area contributed by atoms with E-state index in [1.54, 1.807) is 11.1 Å². The maximum atomic E-state index is 7.22. The Hall–Kier alpha value is -6.78. The van der Waals surface area contributed by atoms with E-state index in [2.05, 4.69) is 173 Å². The van der Waals surface area contributed by atoms with Crippen molar-refractivity contribution in [3.05, 3.63) is 175 Å². The Morgan fingerprint density at radius 2 is 1.10 bits per heavy atom. The smallest absolute Gasteiger partial charge is 0.333 e. The maximum absolute atomic E-state index is 7.22. The Morgan fingerprint density at radius 3 is 1.78 bits per heavy atom. The van der Waals surface area contributed by atoms with E-state index in [9.17, 15) is 0 Å². The van der Waals surface area contributed by atoms with Crippen LogP contribution in [0.25, 0.3) is 82.8 Å². The number of nitrogens with zero attached hydrogens (tertiary/aromatic N) is 2. The summed E-state index contributed by atoms with van der Waals surface area (Å²) in [4.78, 5) is 2.74. The lowest BCUT2D eigenvalue weighted by molar-refractivity contribution is -0.175. The highest BCUT2D eigenvalue weighted by Gasteiger charge is 2.78. The molecule has 4 atom stereocenters. The highest BCUT2D eigenvalue weighted by Crippen LogP contribution is 2.85. The van der Waals surface area contributed by atoms with Crippen LogP contribution in [0.15, 0.2) is 168 Å². The minimum atomic E-state index is -0.0865. The summed E-state index contributed by atoms with van der Waals surface area (Å²) in [5, 5.41) is 5.32. The summed E-state index contributed by atoms with van der Waals surface area (Å²) in [7, 11) is 0. The Labute approximate surface area is 420 Å². The second-order valence-electron chi connectivity index (χ2n) is 25.6. The molecular formula is C68H53BN2O. The van der Waals surface area contributed by atoms with Gasteiger partial charge in [0.15, 0.2) is 5.58 Å². The largest absolute Gasteiger partial charge is 0.454 e. The van der Waals surface area contributed by atoms with E-state index in [-0.39, 0.29) is 12.3 Å². The summed E-state index contributed by atoms with van der Waals surface area (Å²) in [5.41, 5.74) is 24.0. The van der Waals surface area contributed by atoms with Crippen LogP contribution in [0.4, 0.5) is 11.4 Å². The number of hydrogen-bond donors (Lipinski definition) is 0. The summed E-state index contributed by atoms with van der Waals surface area (Å²) < 4.78 is 9.98. The Kier molecular flexibility index (Phi) is 6.41. The van der Waals surface area contributed by atoms with Crippen molar-refractivity contribution in [2.75, 3.05) is 4.81 Å². The first-order chi connectivity index (χ1) is 35.5. The number of aromatic nitrogens is 1. The van der Waals surface area contributed by atoms with Crippen LogP contribution in [0, 0.1) is 46.3 Å². The second kappa shape index (κ2) is 12.2. The van der Waals surface area contributed by atoms with E-state index >= 15 is 0 Å². The molecule has 8 saturated carbocycles. The average molecular weight is 925 g/mol. The van der Waals surface area contributed by atoms with Gasteiger partial charge >= 0.3 is 6.85 Å². The lowest BCUT2D eigenvalue weighted by Crippen LogP contribution is -2.61. The van der Waals surface area contributed by atoms with Crippen LogP contribution in [0.5, 0.6) is 0 Å². The zero-order valence-corrected chi connectivity index (χ0v) is 40.5. The molecular weight excluding hydrogens is 872 g/mol. The molecule has 10 aromatic rings. The molecule has 4 heterocycles. The lowest BCUT2D eigenvalue weighted by Gasteiger charge is -2.66. The summed E-state index contributed by atoms with van der Waals surface area (Å²) >= 11 is 0. The zero-order chi connectivity index (χ0) is 46.2. The Balaban J connectivity index is 0.911. The molecule has 2 aliphatic heterocycles. The summed E-state index contributed by atoms with van der Waals surface area (Å²) in [5.74, 6) is 5.75. The van der Waals surface area contributed by atoms with Gasteiger partial charge < -0.3 is 13.8 Å². The van der Waals surface area contributed by atoms with Gasteiger partial charge in [0, 0.05) is 38.5 Å². The second-order valence-corrected chi connectivity index (χ2v) is 25.6. The SMILES string of the molecule is c1ccc(-c2ccc(N3B4c5c(cc(-c6ccccc6)cc5-n5c6ccc(C78CC9CC%10CC(C7)C%109C8)cc6c6cc(C78CC9CC%10CC(C7)C%109C8)cc4c65)-c4ccc5c(oc6ccccc65)c43)cc2)cc1. The van der Waals surface area contributed by atoms with Gasteiger partial charge in [-0.15, -0.1) is 0 Å². The molecule has 0 radical (unpaired) electrons. The molecule has 4 bridgehead atoms. The molecule has 8 aliphatic carbocycles. The molecule has 2 aromatic heterocycles. The monoisotopic (exact) mass is 924 g/mol. The molecule has 4 unspecified atom stereocenters. The van der Waals surface area contributed by atoms with E-state index in [0.29, 0.717) is 16.2 Å². The van der Waals surface area contributed by atoms with Gasteiger partial charge in [0.2, 0.25) is 0 Å². The Morgan fingerprint density at radius 1 is 0.472 bits per heavy atom. The molecule has 8 aromatic carbocycles. The quantitative estimate of drug-likeness (QED) is 0.160. The average Bonchev–Trinajstić information content (AvgIpc) is 4.27. The van der Waals surface area contributed by atoms with Gasteiger partial charge in [0.25, 0.3) is 0 Å². The molecule has 0 amide bonds. The number of fused-ring (bicyclic) bond motifs is 13. The molecule has 344 valence electrons. The van der Waals surface area contributed by atoms with Crippen LogP contribution in [0.2, 0.25) is 0 Å². The number of hydrogen-bond acceptors (Lipinski definition) is 2. The van der Waals surface area contributed by atoms with Gasteiger partial charge in [0.1, 0.15) is 5.58 Å². The third kappa shape index (κ3) is 4.10. The van der Waals surface area contributed by atoms with E-state index < -0.39 is 0 Å². The van der Waals surface area contributed by atoms with Crippen molar-refractivity contribution in [1.82, 2.24) is 4.57 Å². The normalized spacial score (nSPS) is 32.6. The highest BCUT2D eigenvalue weighted by molar-refractivity contribution is 6.94. The van der Waals surface area contributed by atoms with Crippen LogP contribution in [0.3, 0.4) is 0 Å². The number of rotatable bonds is 5. The minimum Gasteiger partial charge on any atom is -0.454 e. The summed E-state index contributed by atoms with van der Waals surface area (Å²) in [6.45, 7) is -0.0865. The third-order valence-electron chi connectivity index (χ3n) is 23.4. The first-order valence-electron chi connectivity index (χ1n) is 27.7.